The molecule has 0 radical (unpaired) electrons. The molecule has 23 heavy (non-hydrogen) atoms. The van der Waals surface area contributed by atoms with Gasteiger partial charge < -0.3 is 20.5 Å². The molecule has 7 nitrogen and oxygen atoms in total. The fourth-order valence-electron chi connectivity index (χ4n) is 2.53. The third-order valence-electron chi connectivity index (χ3n) is 4.63. The highest BCUT2D eigenvalue weighted by Gasteiger charge is 2.40. The Balaban J connectivity index is 2.67. The molecule has 2 unspecified atom stereocenters. The first-order valence-corrected chi connectivity index (χ1v) is 7.97. The summed E-state index contributed by atoms with van der Waals surface area (Å²) < 4.78 is 10.8. The van der Waals surface area contributed by atoms with E-state index in [1.807, 2.05) is 13.8 Å². The summed E-state index contributed by atoms with van der Waals surface area (Å²) in [6.07, 6.45) is -0.891. The predicted octanol–water partition coefficient (Wildman–Crippen LogP) is 0.605. The highest BCUT2D eigenvalue weighted by Crippen LogP contribution is 2.29. The first-order chi connectivity index (χ1) is 10.6. The molecule has 1 aliphatic heterocycles. The van der Waals surface area contributed by atoms with E-state index in [-0.39, 0.29) is 60.6 Å². The Kier molecular flexibility index (Phi) is 7.15. The number of Topliss-reactive ketones (excluding diaryl/α,β-unsaturated/α-hetero) is 1. The van der Waals surface area contributed by atoms with Gasteiger partial charge in [-0.2, -0.15) is 0 Å². The summed E-state index contributed by atoms with van der Waals surface area (Å²) >= 11 is 0. The molecule has 3 N–H and O–H groups in total. The maximum absolute atomic E-state index is 12.0. The van der Waals surface area contributed by atoms with Crippen LogP contribution in [0.3, 0.4) is 0 Å². The van der Waals surface area contributed by atoms with E-state index in [1.54, 1.807) is 6.92 Å². The predicted molar refractivity (Wildman–Crippen MR) is 84.2 cm³/mol. The number of hydrogen-bond donors (Lipinski definition) is 2. The minimum absolute atomic E-state index is 0.0382. The van der Waals surface area contributed by atoms with Gasteiger partial charge in [-0.05, 0) is 18.8 Å². The number of ketones is 1. The molecule has 0 bridgehead atoms. The van der Waals surface area contributed by atoms with E-state index in [4.69, 9.17) is 15.2 Å². The molecule has 132 valence electrons. The molecule has 0 spiro atoms. The van der Waals surface area contributed by atoms with Gasteiger partial charge in [-0.15, -0.1) is 0 Å². The maximum atomic E-state index is 12.0. The van der Waals surface area contributed by atoms with Crippen LogP contribution in [0.25, 0.3) is 0 Å². The first kappa shape index (κ1) is 19.6. The number of carbonyl (C=O) groups is 3. The van der Waals surface area contributed by atoms with Crippen molar-refractivity contribution in [2.75, 3.05) is 6.61 Å². The summed E-state index contributed by atoms with van der Waals surface area (Å²) in [6.45, 7) is 8.59. The van der Waals surface area contributed by atoms with Gasteiger partial charge in [0.15, 0.2) is 0 Å². The molecule has 1 aliphatic rings. The summed E-state index contributed by atoms with van der Waals surface area (Å²) in [4.78, 5) is 34.3. The molecular formula is C16H28N2O5. The third kappa shape index (κ3) is 5.58. The van der Waals surface area contributed by atoms with E-state index in [9.17, 15) is 14.4 Å². The Morgan fingerprint density at radius 1 is 1.22 bits per heavy atom. The van der Waals surface area contributed by atoms with Gasteiger partial charge >= 0.3 is 5.97 Å². The quantitative estimate of drug-likeness (QED) is 0.692. The largest absolute Gasteiger partial charge is 0.463 e. The molecule has 1 heterocycles. The van der Waals surface area contributed by atoms with Crippen LogP contribution in [0.15, 0.2) is 0 Å². The molecule has 0 aliphatic carbocycles. The summed E-state index contributed by atoms with van der Waals surface area (Å²) in [5, 5.41) is 2.74. The van der Waals surface area contributed by atoms with Crippen LogP contribution in [-0.4, -0.2) is 42.6 Å². The second-order valence-corrected chi connectivity index (χ2v) is 6.48. The van der Waals surface area contributed by atoms with Crippen molar-refractivity contribution in [3.05, 3.63) is 0 Å². The molecule has 6 atom stereocenters. The fraction of sp³-hybridized carbons (Fsp3) is 0.812. The number of hydrogen-bond acceptors (Lipinski definition) is 6. The van der Waals surface area contributed by atoms with Gasteiger partial charge in [0.25, 0.3) is 0 Å². The maximum Gasteiger partial charge on any atom is 0.302 e. The van der Waals surface area contributed by atoms with Gasteiger partial charge in [0.1, 0.15) is 18.6 Å². The van der Waals surface area contributed by atoms with E-state index >= 15 is 0 Å². The highest BCUT2D eigenvalue weighted by atomic mass is 16.6. The van der Waals surface area contributed by atoms with E-state index in [2.05, 4.69) is 5.32 Å². The van der Waals surface area contributed by atoms with E-state index in [0.717, 1.165) is 0 Å². The van der Waals surface area contributed by atoms with Crippen molar-refractivity contribution < 1.29 is 23.9 Å². The Hall–Kier alpha value is -1.47. The molecule has 0 aromatic carbocycles. The van der Waals surface area contributed by atoms with Gasteiger partial charge in [-0.1, -0.05) is 20.8 Å². The number of ether oxygens (including phenoxy) is 2. The minimum Gasteiger partial charge on any atom is -0.463 e. The number of nitrogens with one attached hydrogen (secondary N) is 1. The third-order valence-corrected chi connectivity index (χ3v) is 4.63. The number of carbonyl (C=O) groups excluding carboxylic acids is 3. The number of rotatable bonds is 6. The van der Waals surface area contributed by atoms with Crippen molar-refractivity contribution in [2.45, 2.75) is 59.4 Å². The van der Waals surface area contributed by atoms with E-state index in [1.165, 1.54) is 13.8 Å². The molecule has 0 saturated carbocycles. The Labute approximate surface area is 137 Å². The molecule has 1 saturated heterocycles. The Morgan fingerprint density at radius 3 is 2.35 bits per heavy atom. The van der Waals surface area contributed by atoms with Crippen LogP contribution in [0, 0.1) is 17.8 Å². The van der Waals surface area contributed by atoms with Crippen LogP contribution < -0.4 is 11.1 Å². The summed E-state index contributed by atoms with van der Waals surface area (Å²) in [7, 11) is 0. The van der Waals surface area contributed by atoms with Crippen LogP contribution in [0.4, 0.5) is 0 Å². The number of nitrogens with two attached hydrogens (primary N) is 1. The number of amides is 1. The van der Waals surface area contributed by atoms with Crippen LogP contribution in [0.2, 0.25) is 0 Å². The fourth-order valence-corrected chi connectivity index (χ4v) is 2.53. The second kappa shape index (κ2) is 8.40. The van der Waals surface area contributed by atoms with Crippen LogP contribution in [0.5, 0.6) is 0 Å². The Bertz CT molecular complexity index is 454. The summed E-state index contributed by atoms with van der Waals surface area (Å²) in [5.74, 6) is -0.861. The van der Waals surface area contributed by atoms with Crippen molar-refractivity contribution in [3.63, 3.8) is 0 Å². The number of esters is 1. The average molecular weight is 328 g/mol. The zero-order valence-electron chi connectivity index (χ0n) is 14.5. The zero-order valence-corrected chi connectivity index (χ0v) is 14.5. The van der Waals surface area contributed by atoms with Crippen LogP contribution in [0.1, 0.15) is 41.0 Å². The molecule has 1 amide bonds. The van der Waals surface area contributed by atoms with Gasteiger partial charge in [-0.25, -0.2) is 0 Å². The molecule has 1 fully saturated rings. The van der Waals surface area contributed by atoms with Gasteiger partial charge in [0.2, 0.25) is 5.91 Å². The molecule has 0 aromatic heterocycles. The Morgan fingerprint density at radius 2 is 1.83 bits per heavy atom. The molecule has 0 aromatic rings. The smallest absolute Gasteiger partial charge is 0.302 e. The van der Waals surface area contributed by atoms with Crippen LogP contribution in [-0.2, 0) is 23.9 Å². The van der Waals surface area contributed by atoms with Crippen molar-refractivity contribution in [1.29, 1.82) is 0 Å². The lowest BCUT2D eigenvalue weighted by atomic mass is 9.82. The van der Waals surface area contributed by atoms with Crippen LogP contribution >= 0.6 is 0 Å². The van der Waals surface area contributed by atoms with Crippen molar-refractivity contribution in [2.24, 2.45) is 23.5 Å². The molecule has 1 rings (SSSR count). The molecular weight excluding hydrogens is 300 g/mol. The van der Waals surface area contributed by atoms with Gasteiger partial charge in [0.05, 0.1) is 12.1 Å². The van der Waals surface area contributed by atoms with E-state index < -0.39 is 6.23 Å². The molecule has 7 heteroatoms. The normalized spacial score (nSPS) is 32.0. The monoisotopic (exact) mass is 328 g/mol. The summed E-state index contributed by atoms with van der Waals surface area (Å²) in [6, 6.07) is -0.366. The highest BCUT2D eigenvalue weighted by molar-refractivity contribution is 5.85. The summed E-state index contributed by atoms with van der Waals surface area (Å²) in [5.41, 5.74) is 6.16. The van der Waals surface area contributed by atoms with Gasteiger partial charge in [0, 0.05) is 19.3 Å². The minimum atomic E-state index is -0.659. The first-order valence-electron chi connectivity index (χ1n) is 7.97. The van der Waals surface area contributed by atoms with Crippen molar-refractivity contribution in [3.8, 4) is 0 Å². The SMILES string of the molecule is CC(=O)OCC1O[C@@H](NC(=O)C[C@H](C)C(C)=O)C(N)[C@@H](C)[C@@H]1C. The average Bonchev–Trinajstić information content (AvgIpc) is 2.46. The van der Waals surface area contributed by atoms with Gasteiger partial charge in [-0.3, -0.25) is 14.4 Å². The van der Waals surface area contributed by atoms with Crippen molar-refractivity contribution >= 4 is 17.7 Å². The zero-order chi connectivity index (χ0) is 17.7. The lowest BCUT2D eigenvalue weighted by Crippen LogP contribution is -2.60. The lowest BCUT2D eigenvalue weighted by Gasteiger charge is -2.43. The van der Waals surface area contributed by atoms with Crippen molar-refractivity contribution in [1.82, 2.24) is 5.32 Å². The van der Waals surface area contributed by atoms with E-state index in [0.29, 0.717) is 0 Å². The topological polar surface area (TPSA) is 108 Å². The second-order valence-electron chi connectivity index (χ2n) is 6.48. The lowest BCUT2D eigenvalue weighted by molar-refractivity contribution is -0.169. The standard InChI is InChI=1S/C16H28N2O5/c1-8(11(4)19)6-14(21)18-16-15(17)10(3)9(2)13(23-16)7-22-12(5)20/h8-10,13,15-16H,6-7,17H2,1-5H3,(H,18,21)/t8-,9-,10-,13?,15?,16+/m0/s1.